The van der Waals surface area contributed by atoms with Gasteiger partial charge in [0, 0.05) is 3.57 Å². The van der Waals surface area contributed by atoms with Gasteiger partial charge in [0.15, 0.2) is 15.8 Å². The first-order chi connectivity index (χ1) is 16.7. The number of carbonyl (C=O) groups is 1. The highest BCUT2D eigenvalue weighted by Crippen LogP contribution is 2.39. The minimum absolute atomic E-state index is 0.0719. The third-order valence-electron chi connectivity index (χ3n) is 5.02. The fraction of sp³-hybridized carbons (Fsp3) is 0.120. The lowest BCUT2D eigenvalue weighted by atomic mass is 10.1. The molecule has 0 aromatic heterocycles. The predicted octanol–water partition coefficient (Wildman–Crippen LogP) is 7.30. The highest BCUT2D eigenvalue weighted by atomic mass is 127. The summed E-state index contributed by atoms with van der Waals surface area (Å²) in [6, 6.07) is 17.7. The number of anilines is 1. The first-order valence-corrected chi connectivity index (χ1v) is 12.5. The number of nitrogens with zero attached hydrogens (tertiary/aromatic N) is 1. The van der Waals surface area contributed by atoms with Crippen LogP contribution in [0.3, 0.4) is 0 Å². The number of thioether (sulfide) groups is 1. The van der Waals surface area contributed by atoms with E-state index in [0.29, 0.717) is 28.6 Å². The summed E-state index contributed by atoms with van der Waals surface area (Å²) in [4.78, 5) is 14.4. The lowest BCUT2D eigenvalue weighted by molar-refractivity contribution is -0.137. The average molecular weight is 627 g/mol. The van der Waals surface area contributed by atoms with Crippen LogP contribution in [0.1, 0.15) is 16.7 Å². The van der Waals surface area contributed by atoms with Crippen molar-refractivity contribution in [1.82, 2.24) is 0 Å². The second-order valence-electron chi connectivity index (χ2n) is 7.39. The molecule has 0 spiro atoms. The fourth-order valence-electron chi connectivity index (χ4n) is 3.30. The van der Waals surface area contributed by atoms with Gasteiger partial charge in [-0.05, 0) is 82.3 Å². The summed E-state index contributed by atoms with van der Waals surface area (Å²) < 4.78 is 52.0. The van der Waals surface area contributed by atoms with Crippen LogP contribution in [0.15, 0.2) is 71.6 Å². The Hall–Kier alpha value is -2.57. The quantitative estimate of drug-likeness (QED) is 0.163. The third-order valence-corrected chi connectivity index (χ3v) is 7.04. The van der Waals surface area contributed by atoms with Crippen LogP contribution in [0.2, 0.25) is 0 Å². The molecule has 1 amide bonds. The molecule has 3 aromatic rings. The molecule has 4 nitrogen and oxygen atoms in total. The summed E-state index contributed by atoms with van der Waals surface area (Å²) in [5, 5.41) is 0. The van der Waals surface area contributed by atoms with E-state index in [4.69, 9.17) is 21.7 Å². The van der Waals surface area contributed by atoms with E-state index in [9.17, 15) is 18.0 Å². The van der Waals surface area contributed by atoms with E-state index < -0.39 is 17.6 Å². The molecule has 0 aliphatic carbocycles. The SMILES string of the molecule is COc1cc(/C=C2/SC(=S)N(c3cccc(C(F)(F)F)c3)C2=O)ccc1OCc1ccc(I)cc1. The van der Waals surface area contributed by atoms with Gasteiger partial charge in [0.05, 0.1) is 23.3 Å². The minimum Gasteiger partial charge on any atom is -0.493 e. The zero-order valence-electron chi connectivity index (χ0n) is 18.1. The Morgan fingerprint density at radius 1 is 1.06 bits per heavy atom. The van der Waals surface area contributed by atoms with Crippen LogP contribution >= 0.6 is 46.6 Å². The van der Waals surface area contributed by atoms with E-state index in [-0.39, 0.29) is 10.0 Å². The Balaban J connectivity index is 1.54. The van der Waals surface area contributed by atoms with Crippen LogP contribution in [0.4, 0.5) is 18.9 Å². The van der Waals surface area contributed by atoms with Crippen LogP contribution in [0, 0.1) is 3.57 Å². The summed E-state index contributed by atoms with van der Waals surface area (Å²) in [5.74, 6) is 0.537. The van der Waals surface area contributed by atoms with Gasteiger partial charge in [-0.3, -0.25) is 9.69 Å². The number of amides is 1. The maximum absolute atomic E-state index is 13.1. The van der Waals surface area contributed by atoms with E-state index in [1.807, 2.05) is 24.3 Å². The Morgan fingerprint density at radius 2 is 1.80 bits per heavy atom. The van der Waals surface area contributed by atoms with Crippen molar-refractivity contribution in [2.24, 2.45) is 0 Å². The number of hydrogen-bond donors (Lipinski definition) is 0. The van der Waals surface area contributed by atoms with Crippen LogP contribution in [-0.4, -0.2) is 17.3 Å². The zero-order valence-corrected chi connectivity index (χ0v) is 21.9. The van der Waals surface area contributed by atoms with E-state index >= 15 is 0 Å². The lowest BCUT2D eigenvalue weighted by Crippen LogP contribution is -2.27. The first-order valence-electron chi connectivity index (χ1n) is 10.2. The van der Waals surface area contributed by atoms with Crippen molar-refractivity contribution in [2.75, 3.05) is 12.0 Å². The summed E-state index contributed by atoms with van der Waals surface area (Å²) >= 11 is 8.55. The van der Waals surface area contributed by atoms with Gasteiger partial charge in [0.1, 0.15) is 6.61 Å². The number of hydrogen-bond acceptors (Lipinski definition) is 5. The molecule has 1 saturated heterocycles. The molecule has 1 aliphatic rings. The minimum atomic E-state index is -4.52. The molecule has 3 aromatic carbocycles. The van der Waals surface area contributed by atoms with Gasteiger partial charge < -0.3 is 9.47 Å². The molecule has 1 heterocycles. The summed E-state index contributed by atoms with van der Waals surface area (Å²) in [7, 11) is 1.52. The van der Waals surface area contributed by atoms with Crippen LogP contribution in [-0.2, 0) is 17.6 Å². The number of thiocarbonyl (C=S) groups is 1. The summed E-state index contributed by atoms with van der Waals surface area (Å²) in [6.45, 7) is 0.363. The molecule has 0 atom stereocenters. The topological polar surface area (TPSA) is 38.8 Å². The Kier molecular flexibility index (Phi) is 7.72. The zero-order chi connectivity index (χ0) is 25.2. The fourth-order valence-corrected chi connectivity index (χ4v) is 4.96. The van der Waals surface area contributed by atoms with Crippen molar-refractivity contribution in [3.05, 3.63) is 91.9 Å². The number of benzene rings is 3. The molecule has 10 heteroatoms. The first kappa shape index (κ1) is 25.5. The molecular formula is C25H17F3INO3S2. The summed E-state index contributed by atoms with van der Waals surface area (Å²) in [5.41, 5.74) is 0.893. The van der Waals surface area contributed by atoms with Crippen molar-refractivity contribution >= 4 is 68.6 Å². The number of rotatable bonds is 6. The highest BCUT2D eigenvalue weighted by Gasteiger charge is 2.36. The van der Waals surface area contributed by atoms with Crippen molar-refractivity contribution in [3.8, 4) is 11.5 Å². The van der Waals surface area contributed by atoms with E-state index in [0.717, 1.165) is 37.9 Å². The Morgan fingerprint density at radius 3 is 2.49 bits per heavy atom. The van der Waals surface area contributed by atoms with Crippen molar-refractivity contribution < 1.29 is 27.4 Å². The molecule has 0 saturated carbocycles. The number of methoxy groups -OCH3 is 1. The van der Waals surface area contributed by atoms with E-state index in [1.165, 1.54) is 19.2 Å². The van der Waals surface area contributed by atoms with Gasteiger partial charge in [-0.1, -0.05) is 48.2 Å². The third kappa shape index (κ3) is 5.99. The second kappa shape index (κ2) is 10.6. The van der Waals surface area contributed by atoms with Crippen LogP contribution < -0.4 is 14.4 Å². The van der Waals surface area contributed by atoms with Crippen molar-refractivity contribution in [1.29, 1.82) is 0 Å². The maximum atomic E-state index is 13.1. The normalized spacial score (nSPS) is 15.1. The monoisotopic (exact) mass is 627 g/mol. The molecule has 1 fully saturated rings. The van der Waals surface area contributed by atoms with Crippen molar-refractivity contribution in [3.63, 3.8) is 0 Å². The van der Waals surface area contributed by atoms with Crippen LogP contribution in [0.5, 0.6) is 11.5 Å². The van der Waals surface area contributed by atoms with Crippen LogP contribution in [0.25, 0.3) is 6.08 Å². The molecule has 4 rings (SSSR count). The Bertz CT molecular complexity index is 1310. The summed E-state index contributed by atoms with van der Waals surface area (Å²) in [6.07, 6.45) is -2.90. The molecule has 0 radical (unpaired) electrons. The van der Waals surface area contributed by atoms with E-state index in [1.54, 1.807) is 24.3 Å². The molecule has 1 aliphatic heterocycles. The number of ether oxygens (including phenoxy) is 2. The smallest absolute Gasteiger partial charge is 0.416 e. The Labute approximate surface area is 223 Å². The van der Waals surface area contributed by atoms with Gasteiger partial charge in [0.25, 0.3) is 5.91 Å². The standard InChI is InChI=1S/C25H17F3INO3S2/c1-32-21-11-16(7-10-20(21)33-14-15-5-8-18(29)9-6-15)12-22-23(31)30(24(34)35-22)19-4-2-3-17(13-19)25(26,27)28/h2-13H,14H2,1H3/b22-12+. The largest absolute Gasteiger partial charge is 0.493 e. The van der Waals surface area contributed by atoms with Gasteiger partial charge >= 0.3 is 6.18 Å². The van der Waals surface area contributed by atoms with Gasteiger partial charge in [-0.25, -0.2) is 0 Å². The number of carbonyl (C=O) groups excluding carboxylic acids is 1. The number of halogens is 4. The highest BCUT2D eigenvalue weighted by molar-refractivity contribution is 14.1. The van der Waals surface area contributed by atoms with Crippen molar-refractivity contribution in [2.45, 2.75) is 12.8 Å². The second-order valence-corrected chi connectivity index (χ2v) is 10.3. The molecule has 35 heavy (non-hydrogen) atoms. The van der Waals surface area contributed by atoms with Gasteiger partial charge in [-0.2, -0.15) is 13.2 Å². The number of alkyl halides is 3. The average Bonchev–Trinajstić information content (AvgIpc) is 3.11. The molecule has 0 unspecified atom stereocenters. The van der Waals surface area contributed by atoms with Gasteiger partial charge in [0.2, 0.25) is 0 Å². The van der Waals surface area contributed by atoms with E-state index in [2.05, 4.69) is 22.6 Å². The predicted molar refractivity (Wildman–Crippen MR) is 144 cm³/mol. The lowest BCUT2D eigenvalue weighted by Gasteiger charge is -2.16. The molecule has 0 bridgehead atoms. The molecule has 180 valence electrons. The van der Waals surface area contributed by atoms with Gasteiger partial charge in [-0.15, -0.1) is 0 Å². The molecule has 0 N–H and O–H groups in total. The molecular weight excluding hydrogens is 610 g/mol. The maximum Gasteiger partial charge on any atom is 0.416 e.